The van der Waals surface area contributed by atoms with E-state index in [1.54, 1.807) is 0 Å². The molecule has 42 heavy (non-hydrogen) atoms. The summed E-state index contributed by atoms with van der Waals surface area (Å²) < 4.78 is 10.6. The molecule has 0 radical (unpaired) electrons. The summed E-state index contributed by atoms with van der Waals surface area (Å²) >= 11 is 0. The third-order valence-corrected chi connectivity index (χ3v) is 7.72. The molecule has 0 aliphatic carbocycles. The van der Waals surface area contributed by atoms with Gasteiger partial charge in [-0.15, -0.1) is 0 Å². The van der Waals surface area contributed by atoms with Crippen LogP contribution >= 0.6 is 0 Å². The van der Waals surface area contributed by atoms with Gasteiger partial charge in [-0.25, -0.2) is 0 Å². The predicted molar refractivity (Wildman–Crippen MR) is 178 cm³/mol. The van der Waals surface area contributed by atoms with Gasteiger partial charge in [0.2, 0.25) is 0 Å². The zero-order chi connectivity index (χ0) is 30.8. The molecule has 0 aliphatic rings. The summed E-state index contributed by atoms with van der Waals surface area (Å²) in [5, 5.41) is 9.51. The van der Waals surface area contributed by atoms with E-state index in [0.717, 1.165) is 38.5 Å². The summed E-state index contributed by atoms with van der Waals surface area (Å²) in [6.07, 6.45) is 38.0. The van der Waals surface area contributed by atoms with Crippen molar-refractivity contribution in [2.24, 2.45) is 0 Å². The van der Waals surface area contributed by atoms with Crippen molar-refractivity contribution >= 4 is 11.9 Å². The van der Waals surface area contributed by atoms with E-state index in [0.29, 0.717) is 12.8 Å². The van der Waals surface area contributed by atoms with E-state index in [-0.39, 0.29) is 25.2 Å². The fraction of sp³-hybridized carbons (Fsp3) is 0.838. The van der Waals surface area contributed by atoms with Gasteiger partial charge in [0.15, 0.2) is 6.10 Å². The van der Waals surface area contributed by atoms with Crippen LogP contribution in [0.15, 0.2) is 24.3 Å². The molecule has 0 amide bonds. The Balaban J connectivity index is 3.58. The van der Waals surface area contributed by atoms with Crippen LogP contribution < -0.4 is 0 Å². The molecule has 0 aromatic rings. The molecule has 0 aliphatic heterocycles. The number of carbonyl (C=O) groups excluding carboxylic acids is 2. The van der Waals surface area contributed by atoms with E-state index in [4.69, 9.17) is 9.47 Å². The van der Waals surface area contributed by atoms with E-state index in [2.05, 4.69) is 38.2 Å². The van der Waals surface area contributed by atoms with Gasteiger partial charge in [-0.05, 0) is 64.2 Å². The Morgan fingerprint density at radius 1 is 0.524 bits per heavy atom. The lowest BCUT2D eigenvalue weighted by molar-refractivity contribution is -0.161. The van der Waals surface area contributed by atoms with Gasteiger partial charge >= 0.3 is 11.9 Å². The van der Waals surface area contributed by atoms with Gasteiger partial charge in [-0.1, -0.05) is 128 Å². The highest BCUT2D eigenvalue weighted by molar-refractivity contribution is 5.70. The molecule has 0 aromatic heterocycles. The van der Waals surface area contributed by atoms with E-state index >= 15 is 0 Å². The molecule has 0 unspecified atom stereocenters. The van der Waals surface area contributed by atoms with Gasteiger partial charge in [0.05, 0.1) is 6.61 Å². The number of aliphatic hydroxyl groups is 1. The van der Waals surface area contributed by atoms with Crippen LogP contribution in [0.5, 0.6) is 0 Å². The summed E-state index contributed by atoms with van der Waals surface area (Å²) in [6, 6.07) is 0. The maximum absolute atomic E-state index is 12.1. The van der Waals surface area contributed by atoms with E-state index in [1.807, 2.05) is 0 Å². The molecule has 0 saturated heterocycles. The number of esters is 2. The Bertz CT molecular complexity index is 642. The summed E-state index contributed by atoms with van der Waals surface area (Å²) in [6.45, 7) is 4.09. The van der Waals surface area contributed by atoms with Crippen LogP contribution in [0.2, 0.25) is 0 Å². The summed E-state index contributed by atoms with van der Waals surface area (Å²) in [7, 11) is 0. The molecule has 0 aromatic carbocycles. The zero-order valence-corrected chi connectivity index (χ0v) is 27.8. The molecule has 5 nitrogen and oxygen atoms in total. The van der Waals surface area contributed by atoms with Gasteiger partial charge in [-0.3, -0.25) is 9.59 Å². The molecule has 0 heterocycles. The third-order valence-electron chi connectivity index (χ3n) is 7.72. The van der Waals surface area contributed by atoms with Crippen LogP contribution in [-0.2, 0) is 19.1 Å². The normalized spacial score (nSPS) is 12.4. The fourth-order valence-corrected chi connectivity index (χ4v) is 4.95. The maximum Gasteiger partial charge on any atom is 0.306 e. The second kappa shape index (κ2) is 33.9. The van der Waals surface area contributed by atoms with Crippen molar-refractivity contribution < 1.29 is 24.2 Å². The average Bonchev–Trinajstić information content (AvgIpc) is 2.99. The first-order valence-corrected chi connectivity index (χ1v) is 17.9. The standard InChI is InChI=1S/C37H68O5/c1-3-5-7-9-11-13-15-17-19-21-23-25-27-29-31-36(39)41-34-35(33-38)42-37(40)32-30-28-26-24-22-20-18-16-14-12-10-8-6-4-2/h13-16,35,38H,3-12,17-34H2,1-2H3/b15-13-,16-14-/t35-/m1/s1. The second-order valence-corrected chi connectivity index (χ2v) is 11.9. The van der Waals surface area contributed by atoms with Crippen LogP contribution in [0.25, 0.3) is 0 Å². The first kappa shape index (κ1) is 40.4. The highest BCUT2D eigenvalue weighted by Gasteiger charge is 2.16. The number of hydrogen-bond donors (Lipinski definition) is 1. The average molecular weight is 593 g/mol. The Hall–Kier alpha value is -1.62. The second-order valence-electron chi connectivity index (χ2n) is 11.9. The summed E-state index contributed by atoms with van der Waals surface area (Å²) in [5.74, 6) is -0.604. The number of ether oxygens (including phenoxy) is 2. The number of hydrogen-bond acceptors (Lipinski definition) is 5. The van der Waals surface area contributed by atoms with E-state index in [1.165, 1.54) is 116 Å². The topological polar surface area (TPSA) is 72.8 Å². The van der Waals surface area contributed by atoms with Crippen molar-refractivity contribution in [2.45, 2.75) is 187 Å². The van der Waals surface area contributed by atoms with Gasteiger partial charge in [0.1, 0.15) is 6.61 Å². The minimum absolute atomic E-state index is 0.0691. The number of carbonyl (C=O) groups is 2. The molecule has 0 rings (SSSR count). The molecular weight excluding hydrogens is 524 g/mol. The quantitative estimate of drug-likeness (QED) is 0.0478. The van der Waals surface area contributed by atoms with Crippen molar-refractivity contribution in [3.63, 3.8) is 0 Å². The van der Waals surface area contributed by atoms with E-state index < -0.39 is 6.10 Å². The van der Waals surface area contributed by atoms with Crippen LogP contribution in [0.1, 0.15) is 181 Å². The van der Waals surface area contributed by atoms with Gasteiger partial charge < -0.3 is 14.6 Å². The first-order valence-electron chi connectivity index (χ1n) is 17.9. The van der Waals surface area contributed by atoms with Gasteiger partial charge in [0.25, 0.3) is 0 Å². The molecule has 246 valence electrons. The van der Waals surface area contributed by atoms with Crippen LogP contribution in [0.3, 0.4) is 0 Å². The minimum Gasteiger partial charge on any atom is -0.462 e. The van der Waals surface area contributed by atoms with Crippen molar-refractivity contribution in [2.75, 3.05) is 13.2 Å². The lowest BCUT2D eigenvalue weighted by atomic mass is 10.1. The van der Waals surface area contributed by atoms with Crippen LogP contribution in [0, 0.1) is 0 Å². The molecular formula is C37H68O5. The number of unbranched alkanes of at least 4 members (excludes halogenated alkanes) is 20. The molecule has 1 atom stereocenters. The van der Waals surface area contributed by atoms with E-state index in [9.17, 15) is 14.7 Å². The molecule has 1 N–H and O–H groups in total. The van der Waals surface area contributed by atoms with Crippen LogP contribution in [-0.4, -0.2) is 36.4 Å². The van der Waals surface area contributed by atoms with Gasteiger partial charge in [-0.2, -0.15) is 0 Å². The minimum atomic E-state index is -0.772. The highest BCUT2D eigenvalue weighted by Crippen LogP contribution is 2.12. The lowest BCUT2D eigenvalue weighted by Crippen LogP contribution is -2.28. The lowest BCUT2D eigenvalue weighted by Gasteiger charge is -2.15. The smallest absolute Gasteiger partial charge is 0.306 e. The number of allylic oxidation sites excluding steroid dienone is 4. The Labute approximate surface area is 260 Å². The Morgan fingerprint density at radius 3 is 1.29 bits per heavy atom. The predicted octanol–water partition coefficient (Wildman–Crippen LogP) is 10.7. The Morgan fingerprint density at radius 2 is 0.881 bits per heavy atom. The monoisotopic (exact) mass is 593 g/mol. The zero-order valence-electron chi connectivity index (χ0n) is 27.8. The number of rotatable bonds is 32. The molecule has 0 bridgehead atoms. The number of aliphatic hydroxyl groups excluding tert-OH is 1. The third kappa shape index (κ3) is 31.3. The fourth-order valence-electron chi connectivity index (χ4n) is 4.95. The molecule has 5 heteroatoms. The van der Waals surface area contributed by atoms with Crippen molar-refractivity contribution in [3.8, 4) is 0 Å². The van der Waals surface area contributed by atoms with Gasteiger partial charge in [0, 0.05) is 12.8 Å². The maximum atomic E-state index is 12.1. The molecule has 0 spiro atoms. The first-order chi connectivity index (χ1) is 20.6. The summed E-state index contributed by atoms with van der Waals surface area (Å²) in [4.78, 5) is 24.1. The Kier molecular flexibility index (Phi) is 32.6. The molecule has 0 saturated carbocycles. The SMILES string of the molecule is CCCCCC/C=C\CCCCCCCCC(=O)OC[C@@H](CO)OC(=O)CCCCCCCC/C=C\CCCCCC. The van der Waals surface area contributed by atoms with Crippen molar-refractivity contribution in [3.05, 3.63) is 24.3 Å². The highest BCUT2D eigenvalue weighted by atomic mass is 16.6. The molecule has 0 fully saturated rings. The van der Waals surface area contributed by atoms with Crippen LogP contribution in [0.4, 0.5) is 0 Å². The summed E-state index contributed by atoms with van der Waals surface area (Å²) in [5.41, 5.74) is 0. The van der Waals surface area contributed by atoms with Crippen molar-refractivity contribution in [1.29, 1.82) is 0 Å². The largest absolute Gasteiger partial charge is 0.462 e. The van der Waals surface area contributed by atoms with Crippen molar-refractivity contribution in [1.82, 2.24) is 0 Å².